The number of nitrogens with zero attached hydrogens (tertiary/aromatic N) is 3. The summed E-state index contributed by atoms with van der Waals surface area (Å²) in [6.07, 6.45) is 2.27. The Kier molecular flexibility index (Phi) is 11.4. The van der Waals surface area contributed by atoms with Crippen LogP contribution in [0.15, 0.2) is 4.99 Å². The number of hydrogen-bond acceptors (Lipinski definition) is 4. The van der Waals surface area contributed by atoms with Gasteiger partial charge in [0.25, 0.3) is 6.43 Å². The van der Waals surface area contributed by atoms with Crippen LogP contribution in [-0.4, -0.2) is 88.1 Å². The molecule has 28 heavy (non-hydrogen) atoms. The van der Waals surface area contributed by atoms with E-state index in [1.807, 2.05) is 11.8 Å². The molecule has 2 aliphatic heterocycles. The molecule has 0 aromatic carbocycles. The lowest BCUT2D eigenvalue weighted by atomic mass is 9.98. The molecule has 166 valence electrons. The average molecular weight is 537 g/mol. The molecule has 0 unspecified atom stereocenters. The monoisotopic (exact) mass is 537 g/mol. The third-order valence-corrected chi connectivity index (χ3v) is 6.52. The molecule has 0 atom stereocenters. The Morgan fingerprint density at radius 1 is 1.14 bits per heavy atom. The SMILES string of the molecule is CCNC(=NCC1CCN(S(C)(=O)=O)CC1)NC1CCN(CC(F)F)CC1.I. The second kappa shape index (κ2) is 12.4. The van der Waals surface area contributed by atoms with Crippen LogP contribution in [0.2, 0.25) is 0 Å². The summed E-state index contributed by atoms with van der Waals surface area (Å²) in [7, 11) is -3.10. The normalized spacial score (nSPS) is 21.5. The summed E-state index contributed by atoms with van der Waals surface area (Å²) in [4.78, 5) is 6.49. The molecule has 2 fully saturated rings. The molecule has 2 N–H and O–H groups in total. The molecule has 7 nitrogen and oxygen atoms in total. The molecule has 0 amide bonds. The number of halogens is 3. The van der Waals surface area contributed by atoms with E-state index in [1.165, 1.54) is 10.6 Å². The zero-order valence-corrected chi connectivity index (χ0v) is 19.9. The summed E-state index contributed by atoms with van der Waals surface area (Å²) in [5.41, 5.74) is 0. The van der Waals surface area contributed by atoms with Crippen LogP contribution in [0.1, 0.15) is 32.6 Å². The predicted octanol–water partition coefficient (Wildman–Crippen LogP) is 1.56. The lowest BCUT2D eigenvalue weighted by Crippen LogP contribution is -2.49. The van der Waals surface area contributed by atoms with Crippen molar-refractivity contribution in [1.29, 1.82) is 0 Å². The highest BCUT2D eigenvalue weighted by atomic mass is 127. The fourth-order valence-corrected chi connectivity index (χ4v) is 4.49. The number of nitrogens with one attached hydrogen (secondary N) is 2. The minimum absolute atomic E-state index is 0. The van der Waals surface area contributed by atoms with Gasteiger partial charge >= 0.3 is 0 Å². The Labute approximate surface area is 184 Å². The maximum Gasteiger partial charge on any atom is 0.251 e. The third-order valence-electron chi connectivity index (χ3n) is 5.22. The zero-order valence-electron chi connectivity index (χ0n) is 16.7. The molecular formula is C17H34F2IN5O2S. The van der Waals surface area contributed by atoms with Crippen molar-refractivity contribution in [2.24, 2.45) is 10.9 Å². The molecule has 2 aliphatic rings. The molecule has 2 rings (SSSR count). The highest BCUT2D eigenvalue weighted by molar-refractivity contribution is 14.0. The van der Waals surface area contributed by atoms with Crippen LogP contribution >= 0.6 is 24.0 Å². The molecule has 0 spiro atoms. The summed E-state index contributed by atoms with van der Waals surface area (Å²) in [6.45, 7) is 5.74. The Morgan fingerprint density at radius 2 is 1.75 bits per heavy atom. The van der Waals surface area contributed by atoms with Crippen molar-refractivity contribution in [2.75, 3.05) is 52.1 Å². The van der Waals surface area contributed by atoms with E-state index in [-0.39, 0.29) is 36.6 Å². The lowest BCUT2D eigenvalue weighted by Gasteiger charge is -2.33. The van der Waals surface area contributed by atoms with Crippen LogP contribution in [0.25, 0.3) is 0 Å². The maximum atomic E-state index is 12.5. The molecule has 0 radical (unpaired) electrons. The number of rotatable bonds is 7. The van der Waals surface area contributed by atoms with Crippen LogP contribution < -0.4 is 10.6 Å². The highest BCUT2D eigenvalue weighted by Gasteiger charge is 2.25. The summed E-state index contributed by atoms with van der Waals surface area (Å²) in [6, 6.07) is 0.240. The first-order valence-corrected chi connectivity index (χ1v) is 11.6. The van der Waals surface area contributed by atoms with E-state index < -0.39 is 16.4 Å². The summed E-state index contributed by atoms with van der Waals surface area (Å²) in [5.74, 6) is 1.14. The van der Waals surface area contributed by atoms with Gasteiger partial charge in [0.05, 0.1) is 12.8 Å². The van der Waals surface area contributed by atoms with Crippen LogP contribution in [0.5, 0.6) is 0 Å². The van der Waals surface area contributed by atoms with E-state index in [2.05, 4.69) is 15.6 Å². The Morgan fingerprint density at radius 3 is 2.25 bits per heavy atom. The molecule has 0 bridgehead atoms. The Bertz CT molecular complexity index is 578. The minimum Gasteiger partial charge on any atom is -0.357 e. The summed E-state index contributed by atoms with van der Waals surface area (Å²) in [5, 5.41) is 6.67. The first-order chi connectivity index (χ1) is 12.8. The standard InChI is InChI=1S/C17H33F2N5O2S.HI/c1-3-20-17(22-15-6-8-23(9-7-15)13-16(18)19)21-12-14-4-10-24(11-5-14)27(2,25)26;/h14-16H,3-13H2,1-2H3,(H2,20,21,22);1H. The topological polar surface area (TPSA) is 77.0 Å². The number of alkyl halides is 2. The summed E-state index contributed by atoms with van der Waals surface area (Å²) < 4.78 is 49.6. The number of likely N-dealkylation sites (tertiary alicyclic amines) is 1. The van der Waals surface area contributed by atoms with Crippen molar-refractivity contribution >= 4 is 40.0 Å². The molecule has 2 heterocycles. The second-order valence-corrected chi connectivity index (χ2v) is 9.42. The largest absolute Gasteiger partial charge is 0.357 e. The van der Waals surface area contributed by atoms with Gasteiger partial charge in [-0.15, -0.1) is 24.0 Å². The third kappa shape index (κ3) is 9.04. The Balaban J connectivity index is 0.00000392. The van der Waals surface area contributed by atoms with Crippen molar-refractivity contribution in [2.45, 2.75) is 45.1 Å². The van der Waals surface area contributed by atoms with Crippen molar-refractivity contribution in [3.63, 3.8) is 0 Å². The summed E-state index contributed by atoms with van der Waals surface area (Å²) >= 11 is 0. The van der Waals surface area contributed by atoms with Crippen LogP contribution in [0.3, 0.4) is 0 Å². The molecule has 0 aromatic rings. The van der Waals surface area contributed by atoms with Gasteiger partial charge in [0, 0.05) is 45.3 Å². The van der Waals surface area contributed by atoms with E-state index in [4.69, 9.17) is 0 Å². The number of aliphatic imine (C=N–C) groups is 1. The molecule has 11 heteroatoms. The second-order valence-electron chi connectivity index (χ2n) is 7.44. The fraction of sp³-hybridized carbons (Fsp3) is 0.941. The van der Waals surface area contributed by atoms with Gasteiger partial charge in [-0.1, -0.05) is 0 Å². The van der Waals surface area contributed by atoms with Gasteiger partial charge in [-0.2, -0.15) is 0 Å². The van der Waals surface area contributed by atoms with Crippen LogP contribution in [0.4, 0.5) is 8.78 Å². The first kappa shape index (κ1) is 25.8. The van der Waals surface area contributed by atoms with Crippen molar-refractivity contribution in [3.05, 3.63) is 0 Å². The fourth-order valence-electron chi connectivity index (χ4n) is 3.61. The van der Waals surface area contributed by atoms with E-state index in [0.29, 0.717) is 38.6 Å². The Hall–Kier alpha value is -0.270. The smallest absolute Gasteiger partial charge is 0.251 e. The molecule has 2 saturated heterocycles. The maximum absolute atomic E-state index is 12.5. The van der Waals surface area contributed by atoms with Gasteiger partial charge in [0.2, 0.25) is 10.0 Å². The quantitative estimate of drug-likeness (QED) is 0.293. The van der Waals surface area contributed by atoms with Gasteiger partial charge in [-0.05, 0) is 38.5 Å². The van der Waals surface area contributed by atoms with Crippen LogP contribution in [-0.2, 0) is 10.0 Å². The van der Waals surface area contributed by atoms with Gasteiger partial charge in [-0.25, -0.2) is 21.5 Å². The van der Waals surface area contributed by atoms with Crippen molar-refractivity contribution < 1.29 is 17.2 Å². The van der Waals surface area contributed by atoms with Crippen molar-refractivity contribution in [1.82, 2.24) is 19.8 Å². The highest BCUT2D eigenvalue weighted by Crippen LogP contribution is 2.19. The number of piperidine rings is 2. The van der Waals surface area contributed by atoms with E-state index in [9.17, 15) is 17.2 Å². The van der Waals surface area contributed by atoms with E-state index >= 15 is 0 Å². The molecule has 0 aliphatic carbocycles. The zero-order chi connectivity index (χ0) is 19.9. The van der Waals surface area contributed by atoms with E-state index in [1.54, 1.807) is 0 Å². The van der Waals surface area contributed by atoms with Gasteiger partial charge in [0.15, 0.2) is 5.96 Å². The molecule has 0 saturated carbocycles. The number of sulfonamides is 1. The predicted molar refractivity (Wildman–Crippen MR) is 119 cm³/mol. The first-order valence-electron chi connectivity index (χ1n) is 9.78. The van der Waals surface area contributed by atoms with E-state index in [0.717, 1.165) is 38.2 Å². The average Bonchev–Trinajstić information content (AvgIpc) is 2.61. The van der Waals surface area contributed by atoms with Gasteiger partial charge in [-0.3, -0.25) is 9.89 Å². The van der Waals surface area contributed by atoms with Crippen molar-refractivity contribution in [3.8, 4) is 0 Å². The van der Waals surface area contributed by atoms with Crippen LogP contribution in [0, 0.1) is 5.92 Å². The molecule has 0 aromatic heterocycles. The number of guanidine groups is 1. The van der Waals surface area contributed by atoms with Gasteiger partial charge < -0.3 is 10.6 Å². The minimum atomic E-state index is -3.10. The van der Waals surface area contributed by atoms with Gasteiger partial charge in [0.1, 0.15) is 0 Å². The lowest BCUT2D eigenvalue weighted by molar-refractivity contribution is 0.0744. The molecular weight excluding hydrogens is 503 g/mol. The number of hydrogen-bond donors (Lipinski definition) is 2.